The smallest absolute Gasteiger partial charge is 0.355 e. The summed E-state index contributed by atoms with van der Waals surface area (Å²) in [7, 11) is -1.56. The maximum atomic E-state index is 12.3. The third kappa shape index (κ3) is 6.28. The van der Waals surface area contributed by atoms with Gasteiger partial charge in [-0.2, -0.15) is 0 Å². The summed E-state index contributed by atoms with van der Waals surface area (Å²) in [5.74, 6) is 0.326. The van der Waals surface area contributed by atoms with E-state index in [-0.39, 0.29) is 12.5 Å². The fraction of sp³-hybridized carbons (Fsp3) is 0.375. The number of ether oxygens (including phenoxy) is 2. The van der Waals surface area contributed by atoms with Crippen molar-refractivity contribution in [3.63, 3.8) is 0 Å². The Morgan fingerprint density at radius 3 is 2.68 bits per heavy atom. The van der Waals surface area contributed by atoms with Crippen molar-refractivity contribution in [2.24, 2.45) is 7.05 Å². The Morgan fingerprint density at radius 2 is 1.97 bits per heavy atom. The Balaban J connectivity index is 1.54. The van der Waals surface area contributed by atoms with Gasteiger partial charge in [-0.1, -0.05) is 12.1 Å². The molecule has 0 amide bonds. The van der Waals surface area contributed by atoms with Gasteiger partial charge in [-0.25, -0.2) is 13.2 Å². The molecular formula is C24H31N3O6S. The van der Waals surface area contributed by atoms with Crippen molar-refractivity contribution in [1.82, 2.24) is 9.88 Å². The normalized spacial score (nSPS) is 12.5. The van der Waals surface area contributed by atoms with Crippen LogP contribution < -0.4 is 14.8 Å². The number of sulfonamides is 1. The SMILES string of the molecule is CCOC(=O)c1c(C)c2ccc(OCCNC[C@H](O)c3cccc(NS(C)(=O)=O)c3)cc2n1C. The second-order valence-corrected chi connectivity index (χ2v) is 9.75. The van der Waals surface area contributed by atoms with Crippen LogP contribution in [0.2, 0.25) is 0 Å². The molecule has 34 heavy (non-hydrogen) atoms. The van der Waals surface area contributed by atoms with Gasteiger partial charge in [-0.05, 0) is 49.2 Å². The molecule has 1 heterocycles. The number of aliphatic hydroxyl groups is 1. The molecule has 0 unspecified atom stereocenters. The molecular weight excluding hydrogens is 458 g/mol. The number of fused-ring (bicyclic) bond motifs is 1. The second-order valence-electron chi connectivity index (χ2n) is 8.00. The zero-order chi connectivity index (χ0) is 24.9. The molecule has 1 aromatic heterocycles. The summed E-state index contributed by atoms with van der Waals surface area (Å²) in [5.41, 5.74) is 3.28. The first-order valence-corrected chi connectivity index (χ1v) is 12.9. The number of esters is 1. The van der Waals surface area contributed by atoms with E-state index in [9.17, 15) is 18.3 Å². The second kappa shape index (κ2) is 10.9. The van der Waals surface area contributed by atoms with Crippen LogP contribution in [0.1, 0.15) is 34.6 Å². The van der Waals surface area contributed by atoms with E-state index in [1.54, 1.807) is 31.2 Å². The minimum atomic E-state index is -3.38. The third-order valence-corrected chi connectivity index (χ3v) is 5.96. The lowest BCUT2D eigenvalue weighted by molar-refractivity contribution is 0.0515. The van der Waals surface area contributed by atoms with Crippen molar-refractivity contribution in [2.75, 3.05) is 37.3 Å². The van der Waals surface area contributed by atoms with Crippen molar-refractivity contribution in [3.8, 4) is 5.75 Å². The Labute approximate surface area is 199 Å². The number of anilines is 1. The van der Waals surface area contributed by atoms with Crippen molar-refractivity contribution in [1.29, 1.82) is 0 Å². The highest BCUT2D eigenvalue weighted by atomic mass is 32.2. The number of hydrogen-bond acceptors (Lipinski definition) is 7. The third-order valence-electron chi connectivity index (χ3n) is 5.35. The van der Waals surface area contributed by atoms with E-state index in [0.29, 0.717) is 42.5 Å². The van der Waals surface area contributed by atoms with Crippen molar-refractivity contribution in [3.05, 3.63) is 59.3 Å². The summed E-state index contributed by atoms with van der Waals surface area (Å²) in [6.07, 6.45) is 0.276. The first-order chi connectivity index (χ1) is 16.1. The van der Waals surface area contributed by atoms with Crippen LogP contribution >= 0.6 is 0 Å². The zero-order valence-corrected chi connectivity index (χ0v) is 20.6. The van der Waals surface area contributed by atoms with Crippen molar-refractivity contribution < 1.29 is 27.8 Å². The summed E-state index contributed by atoms with van der Waals surface area (Å²) < 4.78 is 38.0. The lowest BCUT2D eigenvalue weighted by atomic mass is 10.1. The van der Waals surface area contributed by atoms with E-state index < -0.39 is 16.1 Å². The Bertz CT molecular complexity index is 1270. The average Bonchev–Trinajstić information content (AvgIpc) is 3.02. The molecule has 10 heteroatoms. The van der Waals surface area contributed by atoms with Crippen LogP contribution in [0, 0.1) is 6.92 Å². The van der Waals surface area contributed by atoms with Gasteiger partial charge in [0.25, 0.3) is 0 Å². The zero-order valence-electron chi connectivity index (χ0n) is 19.8. The van der Waals surface area contributed by atoms with E-state index in [0.717, 1.165) is 22.7 Å². The lowest BCUT2D eigenvalue weighted by Crippen LogP contribution is -2.26. The van der Waals surface area contributed by atoms with Gasteiger partial charge >= 0.3 is 5.97 Å². The maximum absolute atomic E-state index is 12.3. The average molecular weight is 490 g/mol. The van der Waals surface area contributed by atoms with E-state index in [1.165, 1.54) is 0 Å². The quantitative estimate of drug-likeness (QED) is 0.280. The maximum Gasteiger partial charge on any atom is 0.355 e. The first-order valence-electron chi connectivity index (χ1n) is 11.0. The number of carbonyl (C=O) groups is 1. The van der Waals surface area contributed by atoms with E-state index in [1.807, 2.05) is 36.7 Å². The van der Waals surface area contributed by atoms with Crippen LogP contribution in [0.15, 0.2) is 42.5 Å². The summed E-state index contributed by atoms with van der Waals surface area (Å²) in [6.45, 7) is 5.15. The van der Waals surface area contributed by atoms with Gasteiger partial charge < -0.3 is 24.5 Å². The predicted molar refractivity (Wildman–Crippen MR) is 132 cm³/mol. The van der Waals surface area contributed by atoms with E-state index in [2.05, 4.69) is 10.0 Å². The minimum Gasteiger partial charge on any atom is -0.492 e. The summed E-state index contributed by atoms with van der Waals surface area (Å²) in [4.78, 5) is 12.3. The number of benzene rings is 2. The Hall–Kier alpha value is -3.08. The fourth-order valence-corrected chi connectivity index (χ4v) is 4.36. The van der Waals surface area contributed by atoms with Crippen LogP contribution in [0.4, 0.5) is 5.69 Å². The molecule has 0 spiro atoms. The Morgan fingerprint density at radius 1 is 1.21 bits per heavy atom. The molecule has 9 nitrogen and oxygen atoms in total. The molecule has 0 saturated heterocycles. The highest BCUT2D eigenvalue weighted by Crippen LogP contribution is 2.28. The number of rotatable bonds is 11. The number of carbonyl (C=O) groups excluding carboxylic acids is 1. The molecule has 0 bridgehead atoms. The van der Waals surface area contributed by atoms with E-state index in [4.69, 9.17) is 9.47 Å². The largest absolute Gasteiger partial charge is 0.492 e. The lowest BCUT2D eigenvalue weighted by Gasteiger charge is -2.14. The van der Waals surface area contributed by atoms with Gasteiger partial charge in [0.2, 0.25) is 10.0 Å². The van der Waals surface area contributed by atoms with Gasteiger partial charge in [0.15, 0.2) is 0 Å². The van der Waals surface area contributed by atoms with Crippen LogP contribution in [0.3, 0.4) is 0 Å². The van der Waals surface area contributed by atoms with Crippen molar-refractivity contribution in [2.45, 2.75) is 20.0 Å². The molecule has 0 aliphatic rings. The fourth-order valence-electron chi connectivity index (χ4n) is 3.81. The summed E-state index contributed by atoms with van der Waals surface area (Å²) in [6, 6.07) is 12.3. The van der Waals surface area contributed by atoms with Crippen LogP contribution in [0.5, 0.6) is 5.75 Å². The monoisotopic (exact) mass is 489 g/mol. The molecule has 0 aliphatic carbocycles. The van der Waals surface area contributed by atoms with Crippen molar-refractivity contribution >= 4 is 32.6 Å². The van der Waals surface area contributed by atoms with Gasteiger partial charge in [-0.15, -0.1) is 0 Å². The highest BCUT2D eigenvalue weighted by Gasteiger charge is 2.19. The molecule has 0 saturated carbocycles. The van der Waals surface area contributed by atoms with Gasteiger partial charge in [0.1, 0.15) is 18.1 Å². The molecule has 3 N–H and O–H groups in total. The highest BCUT2D eigenvalue weighted by molar-refractivity contribution is 7.92. The standard InChI is InChI=1S/C24H31N3O6S/c1-5-32-24(29)23-16(2)20-10-9-19(14-21(20)27(23)3)33-12-11-25-15-22(28)17-7-6-8-18(13-17)26-34(4,30)31/h6-10,13-14,22,25-26,28H,5,11-12,15H2,1-4H3/t22-/m0/s1. The summed E-state index contributed by atoms with van der Waals surface area (Å²) in [5, 5.41) is 14.5. The number of aryl methyl sites for hydroxylation is 2. The number of aliphatic hydroxyl groups excluding tert-OH is 1. The topological polar surface area (TPSA) is 119 Å². The predicted octanol–water partition coefficient (Wildman–Crippen LogP) is 2.74. The molecule has 1 atom stereocenters. The molecule has 0 fully saturated rings. The molecule has 0 radical (unpaired) electrons. The van der Waals surface area contributed by atoms with E-state index >= 15 is 0 Å². The molecule has 184 valence electrons. The molecule has 3 aromatic rings. The summed E-state index contributed by atoms with van der Waals surface area (Å²) >= 11 is 0. The van der Waals surface area contributed by atoms with Gasteiger partial charge in [0, 0.05) is 37.3 Å². The minimum absolute atomic E-state index is 0.282. The van der Waals surface area contributed by atoms with Crippen LogP contribution in [0.25, 0.3) is 10.9 Å². The van der Waals surface area contributed by atoms with Gasteiger partial charge in [0.05, 0.1) is 24.5 Å². The number of aromatic nitrogens is 1. The molecule has 0 aliphatic heterocycles. The Kier molecular flexibility index (Phi) is 8.19. The molecule has 3 rings (SSSR count). The van der Waals surface area contributed by atoms with Gasteiger partial charge in [-0.3, -0.25) is 4.72 Å². The number of nitrogens with zero attached hydrogens (tertiary/aromatic N) is 1. The first kappa shape index (κ1) is 25.5. The number of hydrogen-bond donors (Lipinski definition) is 3. The van der Waals surface area contributed by atoms with Crippen LogP contribution in [-0.2, 0) is 21.8 Å². The number of nitrogens with one attached hydrogen (secondary N) is 2. The molecule has 2 aromatic carbocycles. The van der Waals surface area contributed by atoms with Crippen LogP contribution in [-0.4, -0.2) is 56.6 Å².